The lowest BCUT2D eigenvalue weighted by molar-refractivity contribution is -0.120. The molecule has 1 aliphatic heterocycles. The van der Waals surface area contributed by atoms with E-state index in [1.165, 1.54) is 4.68 Å². The first kappa shape index (κ1) is 20.6. The molecular weight excluding hydrogens is 478 g/mol. The lowest BCUT2D eigenvalue weighted by Crippen LogP contribution is -2.54. The molecule has 0 saturated carbocycles. The predicted octanol–water partition coefficient (Wildman–Crippen LogP) is 3.53. The first-order chi connectivity index (χ1) is 17.6. The highest BCUT2D eigenvalue weighted by Crippen LogP contribution is 2.49. The van der Waals surface area contributed by atoms with Crippen molar-refractivity contribution in [2.45, 2.75) is 5.54 Å². The number of nitrogens with zero attached hydrogens (tertiary/aromatic N) is 5. The highest BCUT2D eigenvalue weighted by atomic mass is 35.5. The fourth-order valence-electron chi connectivity index (χ4n) is 4.90. The van der Waals surface area contributed by atoms with Crippen LogP contribution < -0.4 is 16.3 Å². The summed E-state index contributed by atoms with van der Waals surface area (Å²) >= 11 is 5.93. The van der Waals surface area contributed by atoms with E-state index in [0.717, 1.165) is 32.3 Å². The summed E-state index contributed by atoms with van der Waals surface area (Å²) in [5.41, 5.74) is 6.12. The van der Waals surface area contributed by atoms with Crippen molar-refractivity contribution in [1.29, 1.82) is 0 Å². The molecule has 9 nitrogen and oxygen atoms in total. The number of amides is 1. The number of carbonyl (C=O) groups excluding carboxylic acids is 1. The van der Waals surface area contributed by atoms with Crippen LogP contribution >= 0.6 is 11.6 Å². The second-order valence-electron chi connectivity index (χ2n) is 8.55. The second kappa shape index (κ2) is 7.37. The number of anilines is 1. The highest BCUT2D eigenvalue weighted by molar-refractivity contribution is 6.30. The maximum Gasteiger partial charge on any atom is 0.302 e. The second-order valence-corrected chi connectivity index (χ2v) is 8.99. The van der Waals surface area contributed by atoms with Gasteiger partial charge in [-0.3, -0.25) is 20.3 Å². The molecule has 0 unspecified atom stereocenters. The Morgan fingerprint density at radius 2 is 1.50 bits per heavy atom. The van der Waals surface area contributed by atoms with Gasteiger partial charge in [0.1, 0.15) is 0 Å². The third-order valence-electron chi connectivity index (χ3n) is 6.56. The molecular formula is C26H16ClN7O2. The van der Waals surface area contributed by atoms with Crippen LogP contribution in [-0.4, -0.2) is 30.4 Å². The van der Waals surface area contributed by atoms with E-state index in [9.17, 15) is 9.59 Å². The van der Waals surface area contributed by atoms with Crippen molar-refractivity contribution in [1.82, 2.24) is 24.5 Å². The Bertz CT molecular complexity index is 1760. The van der Waals surface area contributed by atoms with Crippen molar-refractivity contribution in [3.05, 3.63) is 111 Å². The molecule has 3 heterocycles. The number of aromatic nitrogens is 5. The van der Waals surface area contributed by atoms with E-state index in [1.807, 2.05) is 60.7 Å². The number of halogens is 1. The topological polar surface area (TPSA) is 106 Å². The number of hydrogen-bond acceptors (Lipinski definition) is 6. The van der Waals surface area contributed by atoms with Gasteiger partial charge in [-0.15, -0.1) is 15.3 Å². The van der Waals surface area contributed by atoms with Crippen LogP contribution in [0.2, 0.25) is 5.02 Å². The Labute approximate surface area is 208 Å². The van der Waals surface area contributed by atoms with Gasteiger partial charge in [-0.2, -0.15) is 9.19 Å². The van der Waals surface area contributed by atoms with E-state index in [1.54, 1.807) is 24.3 Å². The average Bonchev–Trinajstić information content (AvgIpc) is 3.40. The molecule has 174 valence electrons. The fourth-order valence-corrected chi connectivity index (χ4v) is 5.02. The van der Waals surface area contributed by atoms with Crippen molar-refractivity contribution in [2.75, 3.05) is 10.7 Å². The smallest absolute Gasteiger partial charge is 0.295 e. The molecule has 0 fully saturated rings. The van der Waals surface area contributed by atoms with E-state index in [4.69, 9.17) is 11.6 Å². The molecule has 0 saturated heterocycles. The van der Waals surface area contributed by atoms with Gasteiger partial charge in [0.15, 0.2) is 11.2 Å². The minimum absolute atomic E-state index is 0.107. The Morgan fingerprint density at radius 3 is 2.19 bits per heavy atom. The molecule has 1 aliphatic carbocycles. The SMILES string of the molecule is O=C1Nc2nn3c(=O)c(/C=C/c4ccc(Cl)cc4)nnc3n2NC12c1ccccc1-c1ccccc12. The van der Waals surface area contributed by atoms with Gasteiger partial charge in [0.2, 0.25) is 5.95 Å². The normalized spacial score (nSPS) is 15.0. The maximum absolute atomic E-state index is 13.6. The molecule has 5 aromatic rings. The summed E-state index contributed by atoms with van der Waals surface area (Å²) in [4.78, 5) is 26.8. The van der Waals surface area contributed by atoms with Gasteiger partial charge in [0.25, 0.3) is 11.7 Å². The van der Waals surface area contributed by atoms with E-state index in [-0.39, 0.29) is 23.3 Å². The number of nitrogens with one attached hydrogen (secondary N) is 2. The van der Waals surface area contributed by atoms with Crippen molar-refractivity contribution < 1.29 is 4.79 Å². The summed E-state index contributed by atoms with van der Waals surface area (Å²) in [5, 5.41) is 16.2. The van der Waals surface area contributed by atoms with Crippen molar-refractivity contribution in [2.24, 2.45) is 0 Å². The van der Waals surface area contributed by atoms with E-state index >= 15 is 0 Å². The molecule has 0 bridgehead atoms. The lowest BCUT2D eigenvalue weighted by atomic mass is 9.86. The summed E-state index contributed by atoms with van der Waals surface area (Å²) in [5.74, 6) is 0.00386. The highest BCUT2D eigenvalue weighted by Gasteiger charge is 2.52. The molecule has 1 amide bonds. The molecule has 2 aromatic heterocycles. The largest absolute Gasteiger partial charge is 0.302 e. The van der Waals surface area contributed by atoms with Crippen LogP contribution in [0.25, 0.3) is 29.1 Å². The predicted molar refractivity (Wildman–Crippen MR) is 136 cm³/mol. The third-order valence-corrected chi connectivity index (χ3v) is 6.81. The fraction of sp³-hybridized carbons (Fsp3) is 0.0385. The lowest BCUT2D eigenvalue weighted by Gasteiger charge is -2.36. The number of carbonyl (C=O) groups is 1. The van der Waals surface area contributed by atoms with Crippen molar-refractivity contribution in [3.8, 4) is 11.1 Å². The zero-order valence-electron chi connectivity index (χ0n) is 18.5. The molecule has 36 heavy (non-hydrogen) atoms. The van der Waals surface area contributed by atoms with Gasteiger partial charge < -0.3 is 0 Å². The summed E-state index contributed by atoms with van der Waals surface area (Å²) in [6.07, 6.45) is 3.31. The first-order valence-electron chi connectivity index (χ1n) is 11.2. The zero-order chi connectivity index (χ0) is 24.4. The van der Waals surface area contributed by atoms with Gasteiger partial charge in [-0.05, 0) is 34.9 Å². The number of hydrogen-bond donors (Lipinski definition) is 2. The monoisotopic (exact) mass is 493 g/mol. The molecule has 2 aliphatic rings. The van der Waals surface area contributed by atoms with Crippen LogP contribution in [0.1, 0.15) is 22.4 Å². The van der Waals surface area contributed by atoms with E-state index < -0.39 is 11.1 Å². The standard InChI is InChI=1S/C26H16ClN7O2/c27-16-12-9-15(10-13-16)11-14-21-22(35)33-25(30-29-21)34-24(31-33)28-23(36)26(32-34)19-7-3-1-5-17(19)18-6-2-4-8-20(18)26/h1-14,32H,(H,28,31,36)/b14-11+. The van der Waals surface area contributed by atoms with Crippen LogP contribution in [0.15, 0.2) is 77.6 Å². The van der Waals surface area contributed by atoms with Gasteiger partial charge >= 0.3 is 5.56 Å². The third kappa shape index (κ3) is 2.74. The van der Waals surface area contributed by atoms with Crippen molar-refractivity contribution >= 4 is 41.4 Å². The average molecular weight is 494 g/mol. The van der Waals surface area contributed by atoms with Crippen LogP contribution in [-0.2, 0) is 10.3 Å². The molecule has 1 spiro atoms. The molecule has 3 aromatic carbocycles. The Balaban J connectivity index is 1.36. The Morgan fingerprint density at radius 1 is 0.833 bits per heavy atom. The van der Waals surface area contributed by atoms with Gasteiger partial charge in [0, 0.05) is 16.1 Å². The minimum atomic E-state index is -1.22. The van der Waals surface area contributed by atoms with Crippen LogP contribution in [0.4, 0.5) is 5.95 Å². The zero-order valence-corrected chi connectivity index (χ0v) is 19.3. The summed E-state index contributed by atoms with van der Waals surface area (Å²) in [7, 11) is 0. The Hall–Kier alpha value is -4.76. The molecule has 2 N–H and O–H groups in total. The molecule has 7 rings (SSSR count). The number of rotatable bonds is 2. The van der Waals surface area contributed by atoms with Crippen LogP contribution in [0.5, 0.6) is 0 Å². The van der Waals surface area contributed by atoms with Crippen LogP contribution in [0, 0.1) is 0 Å². The number of fused-ring (bicyclic) bond motifs is 8. The van der Waals surface area contributed by atoms with Gasteiger partial charge in [0.05, 0.1) is 0 Å². The maximum atomic E-state index is 13.6. The molecule has 0 radical (unpaired) electrons. The Kier molecular flexibility index (Phi) is 4.22. The molecule has 10 heteroatoms. The molecule has 0 atom stereocenters. The quantitative estimate of drug-likeness (QED) is 0.389. The van der Waals surface area contributed by atoms with Gasteiger partial charge in [-0.25, -0.2) is 0 Å². The van der Waals surface area contributed by atoms with Crippen LogP contribution in [0.3, 0.4) is 0 Å². The summed E-state index contributed by atoms with van der Waals surface area (Å²) < 4.78 is 2.63. The summed E-state index contributed by atoms with van der Waals surface area (Å²) in [6.45, 7) is 0. The summed E-state index contributed by atoms with van der Waals surface area (Å²) in [6, 6.07) is 22.7. The minimum Gasteiger partial charge on any atom is -0.295 e. The van der Waals surface area contributed by atoms with Gasteiger partial charge in [-0.1, -0.05) is 78.3 Å². The first-order valence-corrected chi connectivity index (χ1v) is 11.6. The van der Waals surface area contributed by atoms with Crippen molar-refractivity contribution in [3.63, 3.8) is 0 Å². The van der Waals surface area contributed by atoms with E-state index in [0.29, 0.717) is 5.02 Å². The van der Waals surface area contributed by atoms with E-state index in [2.05, 4.69) is 26.0 Å². The number of benzene rings is 3.